The van der Waals surface area contributed by atoms with Crippen LogP contribution in [0.2, 0.25) is 0 Å². The molecule has 4 saturated heterocycles. The fourth-order valence-electron chi connectivity index (χ4n) is 8.96. The molecule has 1 aromatic heterocycles. The summed E-state index contributed by atoms with van der Waals surface area (Å²) in [6, 6.07) is 10.6. The molecule has 2 aromatic rings. The minimum Gasteiger partial charge on any atom is -0.379 e. The lowest BCUT2D eigenvalue weighted by Gasteiger charge is -2.33. The molecule has 366 valence electrons. The van der Waals surface area contributed by atoms with Crippen LogP contribution in [0.1, 0.15) is 96.5 Å². The van der Waals surface area contributed by atoms with E-state index in [2.05, 4.69) is 27.8 Å². The van der Waals surface area contributed by atoms with Gasteiger partial charge in [-0.25, -0.2) is 4.98 Å². The Balaban J connectivity index is 0.757. The third-order valence-electron chi connectivity index (χ3n) is 12.6. The maximum atomic E-state index is 13.5. The first-order valence-electron chi connectivity index (χ1n) is 23.7. The van der Waals surface area contributed by atoms with Crippen molar-refractivity contribution in [3.63, 3.8) is 0 Å². The minimum atomic E-state index is -0.615. The number of amides is 6. The molecule has 18 nitrogen and oxygen atoms in total. The monoisotopic (exact) mass is 948 g/mol. The molecular formula is C48H68N8O10S. The van der Waals surface area contributed by atoms with E-state index in [1.54, 1.807) is 40.1 Å². The molecular weight excluding hydrogens is 881 g/mol. The van der Waals surface area contributed by atoms with Crippen LogP contribution in [-0.4, -0.2) is 159 Å². The molecule has 1 aromatic carbocycles. The molecule has 4 fully saturated rings. The number of nitrogens with one attached hydrogen (secondary N) is 4. The highest BCUT2D eigenvalue weighted by molar-refractivity contribution is 8.00. The normalized spacial score (nSPS) is 20.5. The summed E-state index contributed by atoms with van der Waals surface area (Å²) in [7, 11) is 0. The average molecular weight is 949 g/mol. The summed E-state index contributed by atoms with van der Waals surface area (Å²) >= 11 is 1.95. The number of nitrogens with zero attached hydrogens (tertiary/aromatic N) is 3. The Morgan fingerprint density at radius 1 is 0.836 bits per heavy atom. The Labute approximate surface area is 397 Å². The Morgan fingerprint density at radius 3 is 2.24 bits per heavy atom. The number of nitrogens with two attached hydrogens (primary N) is 1. The van der Waals surface area contributed by atoms with Crippen molar-refractivity contribution < 1.29 is 47.7 Å². The number of thioether (sulfide) groups is 1. The highest BCUT2D eigenvalue weighted by Gasteiger charge is 2.42. The number of pyridine rings is 1. The van der Waals surface area contributed by atoms with Crippen molar-refractivity contribution in [1.29, 1.82) is 0 Å². The van der Waals surface area contributed by atoms with E-state index >= 15 is 0 Å². The van der Waals surface area contributed by atoms with Gasteiger partial charge in [0.15, 0.2) is 0 Å². The number of rotatable bonds is 27. The number of benzene rings is 1. The molecule has 6 N–H and O–H groups in total. The van der Waals surface area contributed by atoms with Crippen LogP contribution in [0.5, 0.6) is 0 Å². The summed E-state index contributed by atoms with van der Waals surface area (Å²) < 4.78 is 22.2. The highest BCUT2D eigenvalue weighted by atomic mass is 32.2. The average Bonchev–Trinajstić information content (AvgIpc) is 3.90. The molecule has 0 radical (unpaired) electrons. The number of likely N-dealkylation sites (tertiary alicyclic amines) is 2. The molecule has 0 bridgehead atoms. The van der Waals surface area contributed by atoms with Gasteiger partial charge in [-0.2, -0.15) is 11.8 Å². The molecule has 19 heteroatoms. The molecule has 4 atom stereocenters. The Hall–Kier alpha value is -5.08. The van der Waals surface area contributed by atoms with Gasteiger partial charge >= 0.3 is 0 Å². The van der Waals surface area contributed by atoms with Gasteiger partial charge in [-0.1, -0.05) is 13.0 Å². The molecule has 4 aliphatic heterocycles. The van der Waals surface area contributed by atoms with Crippen molar-refractivity contribution in [2.45, 2.75) is 87.5 Å². The first kappa shape index (κ1) is 51.3. The minimum absolute atomic E-state index is 0.0338. The van der Waals surface area contributed by atoms with Gasteiger partial charge in [0.1, 0.15) is 5.82 Å². The first-order chi connectivity index (χ1) is 32.6. The van der Waals surface area contributed by atoms with Crippen LogP contribution in [0, 0.1) is 5.92 Å². The second-order valence-corrected chi connectivity index (χ2v) is 18.6. The number of hydrogen-bond acceptors (Lipinski definition) is 13. The summed E-state index contributed by atoms with van der Waals surface area (Å²) in [5.74, 6) is 1.14. The van der Waals surface area contributed by atoms with Gasteiger partial charge in [0.25, 0.3) is 11.8 Å². The maximum Gasteiger partial charge on any atom is 0.253 e. The van der Waals surface area contributed by atoms with Crippen molar-refractivity contribution in [3.8, 4) is 0 Å². The molecule has 6 amide bonds. The standard InChI is InChI=1S/C48H68N8O10S/c1-2-45(60)55-20-15-33(16-21-55)39-14-13-37(46(49)61)47(54-39)52-35-11-9-34(10-12-35)48(62)56-19-5-6-36(31-56)51-43(58)17-22-63-24-26-65-28-29-66-27-25-64-23-18-50-42(57)8-4-3-7-41-38-30-44(59)53-40(38)32-67-41/h2,9-14,33,36,38,40-41H,1,3-8,15-32H2,(H2,49,61)(H,50,57)(H,51,58)(H,52,54)(H,53,59)/t36?,38?,40?,41-/m0/s1. The summed E-state index contributed by atoms with van der Waals surface area (Å²) in [5, 5.41) is 12.7. The lowest BCUT2D eigenvalue weighted by molar-refractivity contribution is -0.127. The van der Waals surface area contributed by atoms with E-state index in [1.165, 1.54) is 6.08 Å². The summed E-state index contributed by atoms with van der Waals surface area (Å²) in [6.45, 7) is 9.25. The van der Waals surface area contributed by atoms with Gasteiger partial charge in [0.05, 0.1) is 58.4 Å². The van der Waals surface area contributed by atoms with Crippen LogP contribution >= 0.6 is 11.8 Å². The van der Waals surface area contributed by atoms with Gasteiger partial charge in [-0.3, -0.25) is 28.8 Å². The van der Waals surface area contributed by atoms with Gasteiger partial charge in [0.2, 0.25) is 23.6 Å². The van der Waals surface area contributed by atoms with Gasteiger partial charge in [0, 0.05) is 104 Å². The van der Waals surface area contributed by atoms with Crippen LogP contribution in [0.15, 0.2) is 49.1 Å². The number of ether oxygens (including phenoxy) is 4. The fourth-order valence-corrected chi connectivity index (χ4v) is 10.6. The molecule has 4 aliphatic rings. The van der Waals surface area contributed by atoms with E-state index < -0.39 is 5.91 Å². The molecule has 67 heavy (non-hydrogen) atoms. The van der Waals surface area contributed by atoms with E-state index in [-0.39, 0.29) is 60.1 Å². The number of unbranched alkanes of at least 4 members (excludes halogenated alkanes) is 1. The second-order valence-electron chi connectivity index (χ2n) is 17.4. The van der Waals surface area contributed by atoms with Crippen molar-refractivity contribution in [2.75, 3.05) is 96.6 Å². The Bertz CT molecular complexity index is 1980. The maximum absolute atomic E-state index is 13.5. The quantitative estimate of drug-likeness (QED) is 0.0640. The van der Waals surface area contributed by atoms with E-state index in [4.69, 9.17) is 29.7 Å². The van der Waals surface area contributed by atoms with Crippen molar-refractivity contribution >= 4 is 58.7 Å². The van der Waals surface area contributed by atoms with Crippen LogP contribution in [0.25, 0.3) is 0 Å². The summed E-state index contributed by atoms with van der Waals surface area (Å²) in [6.07, 6.45) is 8.56. The molecule has 0 aliphatic carbocycles. The number of aromatic nitrogens is 1. The predicted octanol–water partition coefficient (Wildman–Crippen LogP) is 3.29. The zero-order valence-electron chi connectivity index (χ0n) is 38.5. The lowest BCUT2D eigenvalue weighted by Crippen LogP contribution is -2.49. The van der Waals surface area contributed by atoms with E-state index in [9.17, 15) is 28.8 Å². The van der Waals surface area contributed by atoms with E-state index in [0.29, 0.717) is 126 Å². The Kier molecular flexibility index (Phi) is 20.7. The zero-order chi connectivity index (χ0) is 47.4. The number of anilines is 2. The Morgan fingerprint density at radius 2 is 1.54 bits per heavy atom. The third-order valence-corrected chi connectivity index (χ3v) is 14.2. The summed E-state index contributed by atoms with van der Waals surface area (Å²) in [5.41, 5.74) is 7.86. The van der Waals surface area contributed by atoms with Crippen molar-refractivity contribution in [3.05, 3.63) is 65.9 Å². The van der Waals surface area contributed by atoms with Crippen molar-refractivity contribution in [2.24, 2.45) is 11.7 Å². The van der Waals surface area contributed by atoms with Crippen LogP contribution in [0.3, 0.4) is 0 Å². The summed E-state index contributed by atoms with van der Waals surface area (Å²) in [4.78, 5) is 82.5. The number of carbonyl (C=O) groups excluding carboxylic acids is 6. The smallest absolute Gasteiger partial charge is 0.253 e. The predicted molar refractivity (Wildman–Crippen MR) is 254 cm³/mol. The van der Waals surface area contributed by atoms with Gasteiger partial charge in [-0.05, 0) is 81.0 Å². The van der Waals surface area contributed by atoms with Gasteiger partial charge in [-0.15, -0.1) is 0 Å². The zero-order valence-corrected chi connectivity index (χ0v) is 39.3. The SMILES string of the molecule is C=CC(=O)N1CCC(c2ccc(C(N)=O)c(Nc3ccc(C(=O)N4CCCC(NC(=O)CCOCCOCCOCCOCCNC(=O)CCCC[C@@H]5SCC6NC(=O)CC65)C4)cc3)n2)CC1. The lowest BCUT2D eigenvalue weighted by atomic mass is 9.92. The molecule has 0 spiro atoms. The van der Waals surface area contributed by atoms with E-state index in [1.807, 2.05) is 17.8 Å². The highest BCUT2D eigenvalue weighted by Crippen LogP contribution is 2.40. The molecule has 5 heterocycles. The number of hydrogen-bond donors (Lipinski definition) is 5. The largest absolute Gasteiger partial charge is 0.379 e. The number of carbonyl (C=O) groups is 6. The number of piperidine rings is 2. The molecule has 0 saturated carbocycles. The second kappa shape index (κ2) is 27.1. The van der Waals surface area contributed by atoms with Crippen molar-refractivity contribution in [1.82, 2.24) is 30.7 Å². The van der Waals surface area contributed by atoms with Gasteiger partial charge < -0.3 is 55.7 Å². The van der Waals surface area contributed by atoms with Crippen LogP contribution in [-0.2, 0) is 38.1 Å². The molecule has 6 rings (SSSR count). The number of primary amides is 1. The third kappa shape index (κ3) is 16.3. The van der Waals surface area contributed by atoms with Crippen LogP contribution < -0.4 is 27.0 Å². The first-order valence-corrected chi connectivity index (χ1v) is 24.8. The molecule has 3 unspecified atom stereocenters. The van der Waals surface area contributed by atoms with E-state index in [0.717, 1.165) is 56.4 Å². The topological polar surface area (TPSA) is 233 Å². The van der Waals surface area contributed by atoms with Crippen LogP contribution in [0.4, 0.5) is 11.5 Å². The fraction of sp³-hybridized carbons (Fsp3) is 0.604. The number of fused-ring (bicyclic) bond motifs is 1.